The van der Waals surface area contributed by atoms with Crippen LogP contribution in [-0.2, 0) is 11.8 Å². The lowest BCUT2D eigenvalue weighted by molar-refractivity contribution is 0.564. The molecule has 0 amide bonds. The molecule has 0 fully saturated rings. The summed E-state index contributed by atoms with van der Waals surface area (Å²) in [6, 6.07) is 50.3. The third-order valence-electron chi connectivity index (χ3n) is 11.9. The van der Waals surface area contributed by atoms with Crippen LogP contribution in [0.15, 0.2) is 143 Å². The van der Waals surface area contributed by atoms with Crippen LogP contribution >= 0.6 is 11.8 Å². The highest BCUT2D eigenvalue weighted by Crippen LogP contribution is 2.59. The first kappa shape index (κ1) is 29.2. The summed E-state index contributed by atoms with van der Waals surface area (Å²) >= 11 is 1.98. The number of aryl methyl sites for hydroxylation is 1. The van der Waals surface area contributed by atoms with Gasteiger partial charge in [-0.15, -0.1) is 0 Å². The van der Waals surface area contributed by atoms with Gasteiger partial charge in [-0.25, -0.2) is 0 Å². The third kappa shape index (κ3) is 4.15. The first-order valence-electron chi connectivity index (χ1n) is 17.7. The Labute approximate surface area is 294 Å². The van der Waals surface area contributed by atoms with Gasteiger partial charge in [0.15, 0.2) is 0 Å². The van der Waals surface area contributed by atoms with Crippen molar-refractivity contribution in [2.75, 3.05) is 4.90 Å². The number of para-hydroxylation sites is 2. The minimum absolute atomic E-state index is 0.156. The van der Waals surface area contributed by atoms with E-state index < -0.39 is 0 Å². The molecule has 6 aromatic rings. The predicted octanol–water partition coefficient (Wildman–Crippen LogP) is 9.94. The molecule has 2 heterocycles. The van der Waals surface area contributed by atoms with Gasteiger partial charge in [0.05, 0.1) is 0 Å². The zero-order valence-electron chi connectivity index (χ0n) is 28.5. The number of anilines is 3. The van der Waals surface area contributed by atoms with E-state index >= 15 is 0 Å². The highest BCUT2D eigenvalue weighted by atomic mass is 32.2. The topological polar surface area (TPSA) is 3.24 Å². The molecule has 0 saturated heterocycles. The van der Waals surface area contributed by atoms with Crippen molar-refractivity contribution in [1.29, 1.82) is 0 Å². The number of fused-ring (bicyclic) bond motifs is 8. The number of hydrogen-bond acceptors (Lipinski definition) is 2. The molecule has 2 aliphatic heterocycles. The van der Waals surface area contributed by atoms with E-state index in [1.807, 2.05) is 11.8 Å². The van der Waals surface area contributed by atoms with Gasteiger partial charge in [-0.05, 0) is 118 Å². The maximum absolute atomic E-state index is 2.54. The second-order valence-corrected chi connectivity index (χ2v) is 16.0. The summed E-state index contributed by atoms with van der Waals surface area (Å²) in [4.78, 5) is 5.25. The fraction of sp³-hybridized carbons (Fsp3) is 0.174. The van der Waals surface area contributed by atoms with Gasteiger partial charge in [-0.3, -0.25) is 0 Å². The second-order valence-electron chi connectivity index (χ2n) is 15.0. The Morgan fingerprint density at radius 2 is 1.37 bits per heavy atom. The maximum atomic E-state index is 2.54. The molecule has 6 aromatic carbocycles. The van der Waals surface area contributed by atoms with Crippen molar-refractivity contribution in [3.8, 4) is 0 Å². The molecule has 4 aliphatic rings. The number of nitrogens with zero attached hydrogens (tertiary/aromatic N) is 1. The molecule has 3 heteroatoms. The Bertz CT molecular complexity index is 2320. The Hall–Kier alpha value is -4.73. The lowest BCUT2D eigenvalue weighted by Gasteiger charge is -2.32. The lowest BCUT2D eigenvalue weighted by atomic mass is 9.35. The van der Waals surface area contributed by atoms with E-state index in [0.29, 0.717) is 11.8 Å². The molecule has 0 saturated carbocycles. The monoisotopic (exact) mass is 647 g/mol. The fourth-order valence-electron chi connectivity index (χ4n) is 9.80. The van der Waals surface area contributed by atoms with Crippen LogP contribution in [0.2, 0.25) is 0 Å². The van der Waals surface area contributed by atoms with E-state index in [1.165, 1.54) is 65.6 Å². The minimum Gasteiger partial charge on any atom is -0.310 e. The molecule has 1 nitrogen and oxygen atoms in total. The third-order valence-corrected chi connectivity index (χ3v) is 13.0. The molecule has 0 aromatic heterocycles. The molecule has 2 bridgehead atoms. The van der Waals surface area contributed by atoms with Gasteiger partial charge in [0.25, 0.3) is 0 Å². The molecular weight excluding hydrogens is 609 g/mol. The van der Waals surface area contributed by atoms with E-state index in [9.17, 15) is 0 Å². The second kappa shape index (κ2) is 10.6. The van der Waals surface area contributed by atoms with E-state index in [-0.39, 0.29) is 12.1 Å². The molecule has 10 rings (SSSR count). The number of rotatable bonds is 3. The molecular formula is C46H38BNS. The van der Waals surface area contributed by atoms with Crippen molar-refractivity contribution in [2.45, 2.75) is 55.2 Å². The summed E-state index contributed by atoms with van der Waals surface area (Å²) in [5.74, 6) is 0.774. The van der Waals surface area contributed by atoms with Gasteiger partial charge in [-0.2, -0.15) is 0 Å². The Morgan fingerprint density at radius 3 is 2.12 bits per heavy atom. The average molecular weight is 648 g/mol. The normalized spacial score (nSPS) is 18.9. The molecule has 1 unspecified atom stereocenters. The van der Waals surface area contributed by atoms with Crippen LogP contribution in [0.4, 0.5) is 17.1 Å². The number of allylic oxidation sites excluding steroid dienone is 2. The zero-order chi connectivity index (χ0) is 33.0. The van der Waals surface area contributed by atoms with Crippen LogP contribution in [0.25, 0.3) is 11.1 Å². The number of benzene rings is 6. The van der Waals surface area contributed by atoms with E-state index in [4.69, 9.17) is 0 Å². The lowest BCUT2D eigenvalue weighted by Crippen LogP contribution is -2.56. The van der Waals surface area contributed by atoms with E-state index in [2.05, 4.69) is 166 Å². The summed E-state index contributed by atoms with van der Waals surface area (Å²) < 4.78 is 0. The zero-order valence-corrected chi connectivity index (χ0v) is 29.3. The van der Waals surface area contributed by atoms with Crippen molar-refractivity contribution in [3.05, 3.63) is 167 Å². The highest BCUT2D eigenvalue weighted by molar-refractivity contribution is 8.00. The maximum Gasteiger partial charge on any atom is 0.244 e. The summed E-state index contributed by atoms with van der Waals surface area (Å²) in [5.41, 5.74) is 19.8. The van der Waals surface area contributed by atoms with Crippen molar-refractivity contribution in [3.63, 3.8) is 0 Å². The molecule has 2 aliphatic carbocycles. The average Bonchev–Trinajstić information content (AvgIpc) is 3.20. The Balaban J connectivity index is 1.21. The van der Waals surface area contributed by atoms with E-state index in [1.54, 1.807) is 22.2 Å². The summed E-state index contributed by atoms with van der Waals surface area (Å²) in [6.45, 7) is 10.0. The standard InChI is InChI=1S/C46H38BNS/c1-28-24-37-35-27-36-33(18-13-20-39(36)47-40-19-11-12-21-41(40)49-42(25-28)45(37)47)44-43(29(35)2)34-23-22-32(26-38(34)46(44,3)4)48(30-14-7-5-8-15-30)31-16-9-6-10-17-31/h5-26,29,35H,27H2,1-4H3/t29?,35-/m1/s1. The first-order chi connectivity index (χ1) is 23.9. The molecule has 0 N–H and O–H groups in total. The van der Waals surface area contributed by atoms with Gasteiger partial charge in [0.2, 0.25) is 6.71 Å². The predicted molar refractivity (Wildman–Crippen MR) is 209 cm³/mol. The van der Waals surface area contributed by atoms with Crippen LogP contribution in [0.1, 0.15) is 60.1 Å². The highest BCUT2D eigenvalue weighted by Gasteiger charge is 2.48. The molecule has 2 atom stereocenters. The number of hydrogen-bond donors (Lipinski definition) is 0. The van der Waals surface area contributed by atoms with Crippen LogP contribution in [0.5, 0.6) is 0 Å². The Kier molecular flexibility index (Phi) is 6.34. The van der Waals surface area contributed by atoms with Crippen LogP contribution < -0.4 is 21.3 Å². The molecule has 49 heavy (non-hydrogen) atoms. The van der Waals surface area contributed by atoms with Gasteiger partial charge in [0, 0.05) is 32.3 Å². The van der Waals surface area contributed by atoms with Crippen molar-refractivity contribution >= 4 is 63.1 Å². The SMILES string of the molecule is Cc1cc2c3c(c1)[C@@H]1Cc4c(cccc4C4=C(c5ccc(N(c6ccccc6)c6ccccc6)cc5C4(C)C)C1C)B3c1ccccc1S2. The molecule has 0 radical (unpaired) electrons. The van der Waals surface area contributed by atoms with Gasteiger partial charge >= 0.3 is 0 Å². The van der Waals surface area contributed by atoms with Gasteiger partial charge in [-0.1, -0.05) is 134 Å². The summed E-state index contributed by atoms with van der Waals surface area (Å²) in [7, 11) is 0. The van der Waals surface area contributed by atoms with Crippen molar-refractivity contribution < 1.29 is 0 Å². The minimum atomic E-state index is -0.156. The van der Waals surface area contributed by atoms with Crippen LogP contribution in [-0.4, -0.2) is 6.71 Å². The largest absolute Gasteiger partial charge is 0.310 e. The van der Waals surface area contributed by atoms with Crippen molar-refractivity contribution in [2.24, 2.45) is 5.92 Å². The van der Waals surface area contributed by atoms with Crippen LogP contribution in [0.3, 0.4) is 0 Å². The summed E-state index contributed by atoms with van der Waals surface area (Å²) in [6.07, 6.45) is 1.08. The smallest absolute Gasteiger partial charge is 0.244 e. The first-order valence-corrected chi connectivity index (χ1v) is 18.5. The fourth-order valence-corrected chi connectivity index (χ4v) is 11.1. The Morgan fingerprint density at radius 1 is 0.673 bits per heavy atom. The molecule has 236 valence electrons. The quantitative estimate of drug-likeness (QED) is 0.176. The van der Waals surface area contributed by atoms with E-state index in [0.717, 1.165) is 6.42 Å². The van der Waals surface area contributed by atoms with Crippen LogP contribution in [0, 0.1) is 12.8 Å². The van der Waals surface area contributed by atoms with Gasteiger partial charge < -0.3 is 4.90 Å². The van der Waals surface area contributed by atoms with Crippen molar-refractivity contribution in [1.82, 2.24) is 0 Å². The van der Waals surface area contributed by atoms with Gasteiger partial charge in [0.1, 0.15) is 0 Å². The summed E-state index contributed by atoms with van der Waals surface area (Å²) in [5, 5.41) is 0. The molecule has 0 spiro atoms.